The molecule has 0 aliphatic heterocycles. The van der Waals surface area contributed by atoms with Crippen LogP contribution in [0.5, 0.6) is 0 Å². The Morgan fingerprint density at radius 2 is 2.00 bits per heavy atom. The quantitative estimate of drug-likeness (QED) is 0.720. The molecule has 0 spiro atoms. The Labute approximate surface area is 117 Å². The summed E-state index contributed by atoms with van der Waals surface area (Å²) in [7, 11) is 0. The predicted molar refractivity (Wildman–Crippen MR) is 77.2 cm³/mol. The Hall–Kier alpha value is -0.710. The highest BCUT2D eigenvalue weighted by atomic mass is 35.5. The first-order valence-corrected chi connectivity index (χ1v) is 7.45. The summed E-state index contributed by atoms with van der Waals surface area (Å²) in [5.74, 6) is 1.84. The first-order chi connectivity index (χ1) is 8.72. The largest absolute Gasteiger partial charge is 0.396 e. The predicted octanol–water partition coefficient (Wildman–Crippen LogP) is 2.11. The van der Waals surface area contributed by atoms with Crippen molar-refractivity contribution in [1.29, 1.82) is 0 Å². The molecule has 0 fully saturated rings. The lowest BCUT2D eigenvalue weighted by molar-refractivity contribution is -0.120. The fourth-order valence-electron chi connectivity index (χ4n) is 1.38. The monoisotopic (exact) mass is 287 g/mol. The number of aliphatic hydroxyl groups excluding tert-OH is 1. The van der Waals surface area contributed by atoms with Crippen molar-refractivity contribution in [2.45, 2.75) is 12.8 Å². The summed E-state index contributed by atoms with van der Waals surface area (Å²) in [6.07, 6.45) is 1.20. The van der Waals surface area contributed by atoms with Crippen LogP contribution in [-0.2, 0) is 11.2 Å². The molecule has 1 rings (SSSR count). The fraction of sp³-hybridized carbons (Fsp3) is 0.462. The van der Waals surface area contributed by atoms with Crippen molar-refractivity contribution in [2.75, 3.05) is 24.7 Å². The summed E-state index contributed by atoms with van der Waals surface area (Å²) in [5.41, 5.74) is 0.963. The van der Waals surface area contributed by atoms with Crippen LogP contribution >= 0.6 is 23.4 Å². The summed E-state index contributed by atoms with van der Waals surface area (Å²) >= 11 is 7.51. The van der Waals surface area contributed by atoms with E-state index in [1.165, 1.54) is 0 Å². The first kappa shape index (κ1) is 15.3. The number of nitrogens with one attached hydrogen (secondary N) is 1. The number of thioether (sulfide) groups is 1. The molecule has 0 bridgehead atoms. The molecule has 0 radical (unpaired) electrons. The van der Waals surface area contributed by atoms with Crippen LogP contribution in [0.3, 0.4) is 0 Å². The number of rotatable bonds is 8. The molecule has 18 heavy (non-hydrogen) atoms. The molecule has 0 unspecified atom stereocenters. The van der Waals surface area contributed by atoms with E-state index in [1.807, 2.05) is 12.1 Å². The van der Waals surface area contributed by atoms with Gasteiger partial charge in [-0.05, 0) is 29.9 Å². The molecule has 100 valence electrons. The second kappa shape index (κ2) is 9.25. The molecule has 2 N–H and O–H groups in total. The summed E-state index contributed by atoms with van der Waals surface area (Å²) in [6.45, 7) is 0.901. The standard InChI is InChI=1S/C13H18ClNO2S/c14-12-4-2-11(3-5-12)10-13(17)15-6-9-18-8-1-7-16/h2-5,16H,1,6-10H2,(H,15,17). The molecular weight excluding hydrogens is 270 g/mol. The maximum atomic E-state index is 11.6. The van der Waals surface area contributed by atoms with Crippen molar-refractivity contribution in [3.63, 3.8) is 0 Å². The van der Waals surface area contributed by atoms with E-state index in [9.17, 15) is 4.79 Å². The van der Waals surface area contributed by atoms with Gasteiger partial charge in [0, 0.05) is 23.9 Å². The lowest BCUT2D eigenvalue weighted by Gasteiger charge is -2.05. The third kappa shape index (κ3) is 6.89. The minimum absolute atomic E-state index is 0.0279. The van der Waals surface area contributed by atoms with Gasteiger partial charge < -0.3 is 10.4 Å². The van der Waals surface area contributed by atoms with E-state index in [4.69, 9.17) is 16.7 Å². The molecule has 5 heteroatoms. The molecule has 1 aromatic carbocycles. The van der Waals surface area contributed by atoms with Crippen LogP contribution in [0.4, 0.5) is 0 Å². The van der Waals surface area contributed by atoms with E-state index < -0.39 is 0 Å². The summed E-state index contributed by atoms with van der Waals surface area (Å²) in [4.78, 5) is 11.6. The second-order valence-corrected chi connectivity index (χ2v) is 5.50. The highest BCUT2D eigenvalue weighted by Crippen LogP contribution is 2.09. The Bertz CT molecular complexity index is 357. The molecular formula is C13H18ClNO2S. The molecule has 1 amide bonds. The summed E-state index contributed by atoms with van der Waals surface area (Å²) in [5, 5.41) is 12.1. The highest BCUT2D eigenvalue weighted by Gasteiger charge is 2.02. The maximum absolute atomic E-state index is 11.6. The Morgan fingerprint density at radius 1 is 1.28 bits per heavy atom. The zero-order chi connectivity index (χ0) is 13.2. The van der Waals surface area contributed by atoms with Gasteiger partial charge >= 0.3 is 0 Å². The molecule has 0 saturated carbocycles. The molecule has 0 aliphatic carbocycles. The van der Waals surface area contributed by atoms with Gasteiger partial charge in [-0.3, -0.25) is 4.79 Å². The number of amides is 1. The molecule has 0 saturated heterocycles. The lowest BCUT2D eigenvalue weighted by Crippen LogP contribution is -2.27. The van der Waals surface area contributed by atoms with Gasteiger partial charge in [-0.2, -0.15) is 11.8 Å². The van der Waals surface area contributed by atoms with Gasteiger partial charge in [-0.25, -0.2) is 0 Å². The number of carbonyl (C=O) groups excluding carboxylic acids is 1. The van der Waals surface area contributed by atoms with Crippen LogP contribution < -0.4 is 5.32 Å². The molecule has 0 heterocycles. The first-order valence-electron chi connectivity index (χ1n) is 5.92. The van der Waals surface area contributed by atoms with Crippen molar-refractivity contribution in [1.82, 2.24) is 5.32 Å². The van der Waals surface area contributed by atoms with Crippen LogP contribution in [0, 0.1) is 0 Å². The number of aliphatic hydroxyl groups is 1. The second-order valence-electron chi connectivity index (χ2n) is 3.84. The van der Waals surface area contributed by atoms with Crippen molar-refractivity contribution in [3.8, 4) is 0 Å². The fourth-order valence-corrected chi connectivity index (χ4v) is 2.29. The van der Waals surface area contributed by atoms with Crippen LogP contribution in [0.25, 0.3) is 0 Å². The van der Waals surface area contributed by atoms with Crippen LogP contribution in [0.15, 0.2) is 24.3 Å². The van der Waals surface area contributed by atoms with Crippen LogP contribution in [0.2, 0.25) is 5.02 Å². The summed E-state index contributed by atoms with van der Waals surface area (Å²) < 4.78 is 0. The van der Waals surface area contributed by atoms with Gasteiger partial charge in [-0.15, -0.1) is 0 Å². The Balaban J connectivity index is 2.12. The topological polar surface area (TPSA) is 49.3 Å². The number of benzene rings is 1. The normalized spacial score (nSPS) is 10.3. The minimum Gasteiger partial charge on any atom is -0.396 e. The van der Waals surface area contributed by atoms with Gasteiger partial charge in [0.25, 0.3) is 0 Å². The van der Waals surface area contributed by atoms with E-state index in [0.29, 0.717) is 18.0 Å². The van der Waals surface area contributed by atoms with Crippen LogP contribution in [-0.4, -0.2) is 35.7 Å². The number of hydrogen-bond acceptors (Lipinski definition) is 3. The SMILES string of the molecule is O=C(Cc1ccc(Cl)cc1)NCCSCCCO. The van der Waals surface area contributed by atoms with Crippen molar-refractivity contribution in [3.05, 3.63) is 34.9 Å². The molecule has 0 aliphatic rings. The average molecular weight is 288 g/mol. The third-order valence-electron chi connectivity index (χ3n) is 2.29. The van der Waals surface area contributed by atoms with E-state index in [-0.39, 0.29) is 12.5 Å². The highest BCUT2D eigenvalue weighted by molar-refractivity contribution is 7.99. The van der Waals surface area contributed by atoms with Gasteiger partial charge in [0.05, 0.1) is 6.42 Å². The third-order valence-corrected chi connectivity index (χ3v) is 3.62. The van der Waals surface area contributed by atoms with Crippen molar-refractivity contribution < 1.29 is 9.90 Å². The molecule has 0 atom stereocenters. The number of hydrogen-bond donors (Lipinski definition) is 2. The Morgan fingerprint density at radius 3 is 2.67 bits per heavy atom. The molecule has 3 nitrogen and oxygen atoms in total. The zero-order valence-electron chi connectivity index (χ0n) is 10.2. The van der Waals surface area contributed by atoms with E-state index in [1.54, 1.807) is 23.9 Å². The van der Waals surface area contributed by atoms with Gasteiger partial charge in [0.2, 0.25) is 5.91 Å². The lowest BCUT2D eigenvalue weighted by atomic mass is 10.1. The smallest absolute Gasteiger partial charge is 0.224 e. The van der Waals surface area contributed by atoms with Gasteiger partial charge in [0.1, 0.15) is 0 Å². The minimum atomic E-state index is 0.0279. The van der Waals surface area contributed by atoms with Crippen LogP contribution in [0.1, 0.15) is 12.0 Å². The number of halogens is 1. The zero-order valence-corrected chi connectivity index (χ0v) is 11.8. The Kier molecular flexibility index (Phi) is 7.89. The van der Waals surface area contributed by atoms with Gasteiger partial charge in [0.15, 0.2) is 0 Å². The van der Waals surface area contributed by atoms with Gasteiger partial charge in [-0.1, -0.05) is 23.7 Å². The maximum Gasteiger partial charge on any atom is 0.224 e. The van der Waals surface area contributed by atoms with E-state index in [0.717, 1.165) is 23.5 Å². The van der Waals surface area contributed by atoms with E-state index in [2.05, 4.69) is 5.32 Å². The number of carbonyl (C=O) groups is 1. The van der Waals surface area contributed by atoms with E-state index >= 15 is 0 Å². The molecule has 0 aromatic heterocycles. The molecule has 1 aromatic rings. The van der Waals surface area contributed by atoms with Crippen molar-refractivity contribution >= 4 is 29.3 Å². The summed E-state index contributed by atoms with van der Waals surface area (Å²) in [6, 6.07) is 7.29. The van der Waals surface area contributed by atoms with Crippen molar-refractivity contribution in [2.24, 2.45) is 0 Å². The average Bonchev–Trinajstić information content (AvgIpc) is 2.36.